The van der Waals surface area contributed by atoms with Gasteiger partial charge in [0.2, 0.25) is 0 Å². The van der Waals surface area contributed by atoms with Gasteiger partial charge in [0.1, 0.15) is 5.82 Å². The second kappa shape index (κ2) is 10.3. The largest absolute Gasteiger partial charge is 0.385 e. The van der Waals surface area contributed by atoms with Crippen molar-refractivity contribution >= 4 is 5.96 Å². The molecule has 2 N–H and O–H groups in total. The maximum Gasteiger partial charge on any atom is 0.191 e. The highest BCUT2D eigenvalue weighted by atomic mass is 16.5. The first-order chi connectivity index (χ1) is 13.7. The summed E-state index contributed by atoms with van der Waals surface area (Å²) in [5.74, 6) is 1.95. The zero-order valence-corrected chi connectivity index (χ0v) is 17.2. The minimum absolute atomic E-state index is 0.375. The van der Waals surface area contributed by atoms with E-state index in [-0.39, 0.29) is 0 Å². The van der Waals surface area contributed by atoms with Gasteiger partial charge in [0.15, 0.2) is 5.96 Å². The number of imidazole rings is 1. The molecule has 6 heteroatoms. The van der Waals surface area contributed by atoms with Crippen molar-refractivity contribution < 1.29 is 4.74 Å². The molecule has 1 heterocycles. The second-order valence-corrected chi connectivity index (χ2v) is 7.66. The third kappa shape index (κ3) is 5.58. The fraction of sp³-hybridized carbons (Fsp3) is 0.545. The molecular formula is C22H33N5O. The average molecular weight is 384 g/mol. The number of aromatic nitrogens is 2. The van der Waals surface area contributed by atoms with Gasteiger partial charge >= 0.3 is 0 Å². The lowest BCUT2D eigenvalue weighted by Gasteiger charge is -2.42. The molecule has 0 bridgehead atoms. The number of hydrogen-bond acceptors (Lipinski definition) is 3. The summed E-state index contributed by atoms with van der Waals surface area (Å²) in [5, 5.41) is 6.94. The van der Waals surface area contributed by atoms with Crippen molar-refractivity contribution in [1.29, 1.82) is 0 Å². The molecule has 1 saturated carbocycles. The summed E-state index contributed by atoms with van der Waals surface area (Å²) in [5.41, 5.74) is 1.66. The Hall–Kier alpha value is -2.34. The molecule has 0 aliphatic heterocycles. The zero-order valence-electron chi connectivity index (χ0n) is 17.2. The maximum atomic E-state index is 5.28. The van der Waals surface area contributed by atoms with E-state index in [2.05, 4.69) is 49.4 Å². The summed E-state index contributed by atoms with van der Waals surface area (Å²) in [4.78, 5) is 8.90. The Labute approximate surface area is 168 Å². The van der Waals surface area contributed by atoms with Crippen LogP contribution in [0.3, 0.4) is 0 Å². The van der Waals surface area contributed by atoms with Gasteiger partial charge in [-0.15, -0.1) is 0 Å². The highest BCUT2D eigenvalue weighted by molar-refractivity contribution is 5.79. The van der Waals surface area contributed by atoms with Crippen LogP contribution in [0.1, 0.15) is 37.1 Å². The van der Waals surface area contributed by atoms with Gasteiger partial charge in [-0.2, -0.15) is 0 Å². The first kappa shape index (κ1) is 20.4. The number of nitrogens with one attached hydrogen (secondary N) is 2. The van der Waals surface area contributed by atoms with Crippen LogP contribution in [0.4, 0.5) is 0 Å². The van der Waals surface area contributed by atoms with Crippen molar-refractivity contribution in [2.24, 2.45) is 10.4 Å². The minimum atomic E-state index is 0.375. The molecule has 0 radical (unpaired) electrons. The molecule has 0 unspecified atom stereocenters. The first-order valence-electron chi connectivity index (χ1n) is 10.2. The molecule has 1 aromatic carbocycles. The van der Waals surface area contributed by atoms with Gasteiger partial charge in [0.25, 0.3) is 0 Å². The summed E-state index contributed by atoms with van der Waals surface area (Å²) in [7, 11) is 3.61. The van der Waals surface area contributed by atoms with E-state index in [9.17, 15) is 0 Å². The normalized spacial score (nSPS) is 15.9. The number of benzene rings is 1. The van der Waals surface area contributed by atoms with Crippen LogP contribution >= 0.6 is 0 Å². The summed E-state index contributed by atoms with van der Waals surface area (Å²) >= 11 is 0. The molecule has 6 nitrogen and oxygen atoms in total. The molecule has 28 heavy (non-hydrogen) atoms. The average Bonchev–Trinajstić information content (AvgIpc) is 3.13. The van der Waals surface area contributed by atoms with Crippen LogP contribution < -0.4 is 10.6 Å². The van der Waals surface area contributed by atoms with E-state index in [0.717, 1.165) is 50.9 Å². The van der Waals surface area contributed by atoms with E-state index < -0.39 is 0 Å². The summed E-state index contributed by atoms with van der Waals surface area (Å²) < 4.78 is 7.49. The Bertz CT molecular complexity index is 736. The lowest BCUT2D eigenvalue weighted by molar-refractivity contribution is 0.0732. The van der Waals surface area contributed by atoms with E-state index >= 15 is 0 Å². The minimum Gasteiger partial charge on any atom is -0.385 e. The van der Waals surface area contributed by atoms with E-state index in [1.807, 2.05) is 25.5 Å². The fourth-order valence-electron chi connectivity index (χ4n) is 3.79. The van der Waals surface area contributed by atoms with Crippen molar-refractivity contribution in [1.82, 2.24) is 20.2 Å². The standard InChI is InChI=1S/C22H33N5O/c1-23-21(26-18-22(10-6-11-22)12-16-28-2)25-13-9-20-24-14-15-27(20)17-19-7-4-3-5-8-19/h3-5,7-8,14-15H,6,9-13,16-18H2,1-2H3,(H2,23,25,26). The van der Waals surface area contributed by atoms with Crippen LogP contribution in [-0.2, 0) is 17.7 Å². The van der Waals surface area contributed by atoms with Gasteiger partial charge < -0.3 is 19.9 Å². The zero-order chi connectivity index (χ0) is 19.7. The maximum absolute atomic E-state index is 5.28. The molecule has 152 valence electrons. The summed E-state index contributed by atoms with van der Waals surface area (Å²) in [6.07, 6.45) is 9.77. The second-order valence-electron chi connectivity index (χ2n) is 7.66. The molecule has 0 atom stereocenters. The Balaban J connectivity index is 1.44. The SMILES string of the molecule is CN=C(NCCc1nccn1Cc1ccccc1)NCC1(CCOC)CCC1. The molecule has 2 aromatic rings. The van der Waals surface area contributed by atoms with Crippen LogP contribution in [0.2, 0.25) is 0 Å². The Morgan fingerprint density at radius 3 is 2.75 bits per heavy atom. The Kier molecular flexibility index (Phi) is 7.48. The monoisotopic (exact) mass is 383 g/mol. The molecule has 0 amide bonds. The van der Waals surface area contributed by atoms with E-state index in [1.54, 1.807) is 7.11 Å². The van der Waals surface area contributed by atoms with Gasteiger partial charge in [0, 0.05) is 59.2 Å². The van der Waals surface area contributed by atoms with Crippen LogP contribution in [0.15, 0.2) is 47.7 Å². The van der Waals surface area contributed by atoms with Gasteiger partial charge in [0.05, 0.1) is 0 Å². The van der Waals surface area contributed by atoms with Crippen molar-refractivity contribution in [2.45, 2.75) is 38.6 Å². The summed E-state index contributed by atoms with van der Waals surface area (Å²) in [6, 6.07) is 10.5. The highest BCUT2D eigenvalue weighted by Gasteiger charge is 2.36. The number of aliphatic imine (C=N–C) groups is 1. The van der Waals surface area contributed by atoms with Crippen molar-refractivity contribution in [2.75, 3.05) is 33.9 Å². The number of hydrogen-bond donors (Lipinski definition) is 2. The molecular weight excluding hydrogens is 350 g/mol. The van der Waals surface area contributed by atoms with Gasteiger partial charge in [-0.3, -0.25) is 4.99 Å². The molecule has 0 spiro atoms. The van der Waals surface area contributed by atoms with Gasteiger partial charge in [-0.25, -0.2) is 4.98 Å². The smallest absolute Gasteiger partial charge is 0.191 e. The Morgan fingerprint density at radius 1 is 1.25 bits per heavy atom. The van der Waals surface area contributed by atoms with Crippen molar-refractivity contribution in [3.63, 3.8) is 0 Å². The topological polar surface area (TPSA) is 63.5 Å². The van der Waals surface area contributed by atoms with Crippen LogP contribution in [0.25, 0.3) is 0 Å². The third-order valence-corrected chi connectivity index (χ3v) is 5.74. The number of rotatable bonds is 10. The fourth-order valence-corrected chi connectivity index (χ4v) is 3.79. The number of ether oxygens (including phenoxy) is 1. The van der Waals surface area contributed by atoms with Gasteiger partial charge in [-0.1, -0.05) is 36.8 Å². The molecule has 1 aliphatic carbocycles. The van der Waals surface area contributed by atoms with E-state index in [1.165, 1.54) is 24.8 Å². The molecule has 3 rings (SSSR count). The Morgan fingerprint density at radius 2 is 2.07 bits per heavy atom. The van der Waals surface area contributed by atoms with E-state index in [4.69, 9.17) is 4.74 Å². The van der Waals surface area contributed by atoms with Crippen LogP contribution in [0.5, 0.6) is 0 Å². The molecule has 0 saturated heterocycles. The molecule has 1 aromatic heterocycles. The first-order valence-corrected chi connectivity index (χ1v) is 10.2. The number of methoxy groups -OCH3 is 1. The van der Waals surface area contributed by atoms with Crippen LogP contribution in [-0.4, -0.2) is 49.4 Å². The van der Waals surface area contributed by atoms with Crippen molar-refractivity contribution in [3.05, 3.63) is 54.1 Å². The number of guanidine groups is 1. The van der Waals surface area contributed by atoms with E-state index in [0.29, 0.717) is 5.41 Å². The number of nitrogens with zero attached hydrogens (tertiary/aromatic N) is 3. The van der Waals surface area contributed by atoms with Crippen molar-refractivity contribution in [3.8, 4) is 0 Å². The third-order valence-electron chi connectivity index (χ3n) is 5.74. The lowest BCUT2D eigenvalue weighted by atomic mass is 9.67. The molecule has 1 aliphatic rings. The lowest BCUT2D eigenvalue weighted by Crippen LogP contribution is -2.47. The highest BCUT2D eigenvalue weighted by Crippen LogP contribution is 2.43. The van der Waals surface area contributed by atoms with Crippen LogP contribution in [0, 0.1) is 5.41 Å². The predicted molar refractivity (Wildman–Crippen MR) is 114 cm³/mol. The summed E-state index contributed by atoms with van der Waals surface area (Å²) in [6.45, 7) is 3.44. The van der Waals surface area contributed by atoms with Gasteiger partial charge in [-0.05, 0) is 30.2 Å². The molecule has 1 fully saturated rings. The quantitative estimate of drug-likeness (QED) is 0.489. The predicted octanol–water partition coefficient (Wildman–Crippen LogP) is 2.85.